The number of piperazine rings is 1. The highest BCUT2D eigenvalue weighted by Crippen LogP contribution is 2.31. The van der Waals surface area contributed by atoms with Crippen LogP contribution < -0.4 is 4.74 Å². The largest absolute Gasteiger partial charge is 0.573 e. The molecule has 0 unspecified atom stereocenters. The first-order valence-electron chi connectivity index (χ1n) is 9.13. The van der Waals surface area contributed by atoms with Crippen LogP contribution in [0.15, 0.2) is 29.2 Å². The second-order valence-electron chi connectivity index (χ2n) is 6.69. The fraction of sp³-hybridized carbons (Fsp3) is 0.647. The van der Waals surface area contributed by atoms with Crippen LogP contribution in [0.2, 0.25) is 0 Å². The van der Waals surface area contributed by atoms with Crippen molar-refractivity contribution in [3.05, 3.63) is 24.3 Å². The first-order valence-corrected chi connectivity index (χ1v) is 10.6. The molecular formula is C17H24F3N3O4S. The minimum Gasteiger partial charge on any atom is -0.404 e. The van der Waals surface area contributed by atoms with Gasteiger partial charge in [-0.25, -0.2) is 8.42 Å². The number of nitrogens with zero attached hydrogens (tertiary/aromatic N) is 3. The zero-order valence-corrected chi connectivity index (χ0v) is 16.2. The third-order valence-corrected chi connectivity index (χ3v) is 6.80. The fourth-order valence-corrected chi connectivity index (χ4v) is 4.85. The van der Waals surface area contributed by atoms with E-state index in [4.69, 9.17) is 4.74 Å². The van der Waals surface area contributed by atoms with Crippen molar-refractivity contribution >= 4 is 10.0 Å². The third-order valence-electron chi connectivity index (χ3n) is 4.86. The Balaban J connectivity index is 1.59. The average Bonchev–Trinajstić information content (AvgIpc) is 2.66. The predicted octanol–water partition coefficient (Wildman–Crippen LogP) is 1.22. The number of morpholine rings is 1. The summed E-state index contributed by atoms with van der Waals surface area (Å²) >= 11 is 0. The van der Waals surface area contributed by atoms with Gasteiger partial charge in [0.2, 0.25) is 10.0 Å². The summed E-state index contributed by atoms with van der Waals surface area (Å²) in [4.78, 5) is 4.01. The number of para-hydroxylation sites is 1. The van der Waals surface area contributed by atoms with Crippen LogP contribution >= 0.6 is 0 Å². The van der Waals surface area contributed by atoms with Crippen LogP contribution in [0.1, 0.15) is 0 Å². The quantitative estimate of drug-likeness (QED) is 0.686. The summed E-state index contributed by atoms with van der Waals surface area (Å²) in [5.41, 5.74) is 0. The average molecular weight is 423 g/mol. The predicted molar refractivity (Wildman–Crippen MR) is 95.6 cm³/mol. The molecule has 0 amide bonds. The van der Waals surface area contributed by atoms with Gasteiger partial charge in [-0.05, 0) is 12.1 Å². The fourth-order valence-electron chi connectivity index (χ4n) is 3.31. The Morgan fingerprint density at radius 2 is 1.50 bits per heavy atom. The molecule has 2 fully saturated rings. The van der Waals surface area contributed by atoms with Gasteiger partial charge in [0.15, 0.2) is 0 Å². The topological polar surface area (TPSA) is 62.3 Å². The summed E-state index contributed by atoms with van der Waals surface area (Å²) in [6.07, 6.45) is -4.95. The summed E-state index contributed by atoms with van der Waals surface area (Å²) in [6, 6.07) is 4.85. The van der Waals surface area contributed by atoms with Crippen molar-refractivity contribution in [2.24, 2.45) is 0 Å². The summed E-state index contributed by atoms with van der Waals surface area (Å²) in [7, 11) is -4.07. The van der Waals surface area contributed by atoms with Crippen molar-refractivity contribution in [2.45, 2.75) is 11.3 Å². The van der Waals surface area contributed by atoms with Gasteiger partial charge < -0.3 is 9.47 Å². The van der Waals surface area contributed by atoms with Gasteiger partial charge in [0.05, 0.1) is 13.2 Å². The molecule has 1 aromatic rings. The zero-order valence-electron chi connectivity index (χ0n) is 15.4. The van der Waals surface area contributed by atoms with Gasteiger partial charge in [0.1, 0.15) is 10.6 Å². The number of benzene rings is 1. The van der Waals surface area contributed by atoms with E-state index in [1.165, 1.54) is 16.4 Å². The van der Waals surface area contributed by atoms with E-state index in [0.717, 1.165) is 51.5 Å². The van der Waals surface area contributed by atoms with Gasteiger partial charge in [-0.2, -0.15) is 4.31 Å². The summed E-state index contributed by atoms with van der Waals surface area (Å²) in [5.74, 6) is -0.704. The smallest absolute Gasteiger partial charge is 0.404 e. The highest BCUT2D eigenvalue weighted by atomic mass is 32.2. The van der Waals surface area contributed by atoms with E-state index in [9.17, 15) is 21.6 Å². The number of hydrogen-bond donors (Lipinski definition) is 0. The Hall–Kier alpha value is -1.40. The summed E-state index contributed by atoms with van der Waals surface area (Å²) in [6.45, 7) is 6.47. The SMILES string of the molecule is O=S(=O)(c1ccccc1OC(F)(F)F)N1CCN(CCN2CCOCC2)CC1. The maximum Gasteiger partial charge on any atom is 0.573 e. The molecule has 3 rings (SSSR count). The molecule has 2 saturated heterocycles. The second kappa shape index (κ2) is 8.95. The van der Waals surface area contributed by atoms with Gasteiger partial charge >= 0.3 is 6.36 Å². The molecule has 158 valence electrons. The summed E-state index contributed by atoms with van der Waals surface area (Å²) in [5, 5.41) is 0. The molecule has 7 nitrogen and oxygen atoms in total. The monoisotopic (exact) mass is 423 g/mol. The third kappa shape index (κ3) is 5.57. The molecule has 0 radical (unpaired) electrons. The molecule has 2 aliphatic rings. The van der Waals surface area contributed by atoms with Crippen LogP contribution in [0.3, 0.4) is 0 Å². The van der Waals surface area contributed by atoms with Crippen LogP contribution in [-0.2, 0) is 14.8 Å². The summed E-state index contributed by atoms with van der Waals surface area (Å²) < 4.78 is 73.9. The molecule has 2 heterocycles. The highest BCUT2D eigenvalue weighted by molar-refractivity contribution is 7.89. The Morgan fingerprint density at radius 1 is 0.929 bits per heavy atom. The zero-order chi connectivity index (χ0) is 20.2. The van der Waals surface area contributed by atoms with Crippen molar-refractivity contribution in [2.75, 3.05) is 65.6 Å². The lowest BCUT2D eigenvalue weighted by Gasteiger charge is -2.36. The van der Waals surface area contributed by atoms with E-state index < -0.39 is 27.0 Å². The van der Waals surface area contributed by atoms with Crippen molar-refractivity contribution in [3.8, 4) is 5.75 Å². The van der Waals surface area contributed by atoms with Gasteiger partial charge in [0, 0.05) is 52.4 Å². The Kier molecular flexibility index (Phi) is 6.81. The highest BCUT2D eigenvalue weighted by Gasteiger charge is 2.36. The standard InChI is InChI=1S/C17H24F3N3O4S/c18-17(19,20)27-15-3-1-2-4-16(15)28(24,25)23-9-7-21(8-10-23)5-6-22-11-13-26-14-12-22/h1-4H,5-14H2. The Morgan fingerprint density at radius 3 is 2.11 bits per heavy atom. The number of alkyl halides is 3. The number of ether oxygens (including phenoxy) is 2. The molecule has 0 bridgehead atoms. The van der Waals surface area contributed by atoms with Crippen molar-refractivity contribution in [1.29, 1.82) is 0 Å². The number of hydrogen-bond acceptors (Lipinski definition) is 6. The van der Waals surface area contributed by atoms with E-state index in [1.54, 1.807) is 0 Å². The van der Waals surface area contributed by atoms with E-state index in [-0.39, 0.29) is 13.1 Å². The maximum atomic E-state index is 12.8. The maximum absolute atomic E-state index is 12.8. The first-order chi connectivity index (χ1) is 13.3. The molecule has 2 aliphatic heterocycles. The molecule has 11 heteroatoms. The van der Waals surface area contributed by atoms with Gasteiger partial charge in [0.25, 0.3) is 0 Å². The minimum atomic E-state index is -4.95. The molecule has 0 saturated carbocycles. The first kappa shape index (κ1) is 21.3. The van der Waals surface area contributed by atoms with Crippen molar-refractivity contribution < 1.29 is 31.1 Å². The van der Waals surface area contributed by atoms with E-state index in [2.05, 4.69) is 14.5 Å². The molecule has 0 atom stereocenters. The molecule has 0 spiro atoms. The van der Waals surface area contributed by atoms with Crippen LogP contribution in [0.4, 0.5) is 13.2 Å². The number of rotatable bonds is 6. The van der Waals surface area contributed by atoms with Crippen LogP contribution in [-0.4, -0.2) is 94.5 Å². The molecular weight excluding hydrogens is 399 g/mol. The molecule has 0 N–H and O–H groups in total. The molecule has 28 heavy (non-hydrogen) atoms. The molecule has 0 aromatic heterocycles. The minimum absolute atomic E-state index is 0.228. The van der Waals surface area contributed by atoms with Crippen LogP contribution in [0.25, 0.3) is 0 Å². The van der Waals surface area contributed by atoms with Crippen LogP contribution in [0, 0.1) is 0 Å². The van der Waals surface area contributed by atoms with Crippen LogP contribution in [0.5, 0.6) is 5.75 Å². The number of sulfonamides is 1. The Bertz CT molecular complexity index is 746. The molecule has 1 aromatic carbocycles. The van der Waals surface area contributed by atoms with E-state index in [1.807, 2.05) is 0 Å². The van der Waals surface area contributed by atoms with Gasteiger partial charge in [-0.15, -0.1) is 13.2 Å². The lowest BCUT2D eigenvalue weighted by molar-refractivity contribution is -0.275. The number of halogens is 3. The van der Waals surface area contributed by atoms with Gasteiger partial charge in [-0.3, -0.25) is 9.80 Å². The molecule has 0 aliphatic carbocycles. The van der Waals surface area contributed by atoms with Crippen molar-refractivity contribution in [3.63, 3.8) is 0 Å². The normalized spacial score (nSPS) is 21.0. The Labute approximate surface area is 162 Å². The van der Waals surface area contributed by atoms with E-state index >= 15 is 0 Å². The second-order valence-corrected chi connectivity index (χ2v) is 8.60. The van der Waals surface area contributed by atoms with Crippen molar-refractivity contribution in [1.82, 2.24) is 14.1 Å². The lowest BCUT2D eigenvalue weighted by Crippen LogP contribution is -2.50. The van der Waals surface area contributed by atoms with E-state index in [0.29, 0.717) is 13.1 Å². The lowest BCUT2D eigenvalue weighted by atomic mass is 10.3. The van der Waals surface area contributed by atoms with Gasteiger partial charge in [-0.1, -0.05) is 12.1 Å².